The number of carbonyl (C=O) groups excluding carboxylic acids is 3. The van der Waals surface area contributed by atoms with Crippen molar-refractivity contribution in [3.05, 3.63) is 123 Å². The molecule has 0 aliphatic carbocycles. The number of urea groups is 1. The van der Waals surface area contributed by atoms with Gasteiger partial charge >= 0.3 is 6.03 Å². The number of nitrogens with one attached hydrogen (secondary N) is 1. The zero-order valence-corrected chi connectivity index (χ0v) is 23.8. The van der Waals surface area contributed by atoms with Crippen LogP contribution in [0, 0.1) is 0 Å². The van der Waals surface area contributed by atoms with Gasteiger partial charge in [0.25, 0.3) is 11.8 Å². The molecule has 0 unspecified atom stereocenters. The Morgan fingerprint density at radius 3 is 2.07 bits per heavy atom. The Bertz CT molecular complexity index is 1650. The van der Waals surface area contributed by atoms with Gasteiger partial charge in [-0.2, -0.15) is 0 Å². The van der Waals surface area contributed by atoms with E-state index in [2.05, 4.69) is 5.32 Å². The van der Waals surface area contributed by atoms with Crippen LogP contribution in [0.4, 0.5) is 10.5 Å². The van der Waals surface area contributed by atoms with Crippen molar-refractivity contribution in [2.45, 2.75) is 13.2 Å². The zero-order chi connectivity index (χ0) is 29.6. The number of hydrogen-bond acceptors (Lipinski definition) is 6. The standard InChI is InChI=1S/C32H24Cl2N2O6/c1-40-28-17-21(12-13-27(28)41-18-20-8-4-2-5-9-20)19-42-29-25(33)15-22(16-26(29)34)14-24-30(37)35-32(39)36(31(24)38)23-10-6-3-7-11-23/h2-17H,18-19H2,1H3,(H,35,37,39)/b24-14-. The lowest BCUT2D eigenvalue weighted by Crippen LogP contribution is -2.54. The van der Waals surface area contributed by atoms with Gasteiger partial charge in [-0.05, 0) is 59.2 Å². The highest BCUT2D eigenvalue weighted by atomic mass is 35.5. The lowest BCUT2D eigenvalue weighted by molar-refractivity contribution is -0.122. The molecular formula is C32H24Cl2N2O6. The molecule has 42 heavy (non-hydrogen) atoms. The molecule has 4 aromatic rings. The molecule has 1 fully saturated rings. The molecule has 212 valence electrons. The fraction of sp³-hybridized carbons (Fsp3) is 0.0938. The van der Waals surface area contributed by atoms with Gasteiger partial charge in [-0.1, -0.05) is 77.8 Å². The summed E-state index contributed by atoms with van der Waals surface area (Å²) in [6.07, 6.45) is 1.32. The second-order valence-corrected chi connectivity index (χ2v) is 9.97. The van der Waals surface area contributed by atoms with Crippen molar-refractivity contribution in [2.75, 3.05) is 12.0 Å². The number of carbonyl (C=O) groups is 3. The van der Waals surface area contributed by atoms with E-state index in [1.54, 1.807) is 49.6 Å². The number of imide groups is 2. The minimum absolute atomic E-state index is 0.129. The van der Waals surface area contributed by atoms with Crippen LogP contribution in [0.15, 0.2) is 96.6 Å². The van der Waals surface area contributed by atoms with E-state index >= 15 is 0 Å². The van der Waals surface area contributed by atoms with Crippen molar-refractivity contribution in [1.82, 2.24) is 5.32 Å². The molecule has 1 heterocycles. The minimum Gasteiger partial charge on any atom is -0.493 e. The maximum Gasteiger partial charge on any atom is 0.335 e. The molecule has 4 aromatic carbocycles. The largest absolute Gasteiger partial charge is 0.493 e. The lowest BCUT2D eigenvalue weighted by Gasteiger charge is -2.26. The molecule has 1 N–H and O–H groups in total. The summed E-state index contributed by atoms with van der Waals surface area (Å²) in [6.45, 7) is 0.527. The predicted octanol–water partition coefficient (Wildman–Crippen LogP) is 6.83. The van der Waals surface area contributed by atoms with Gasteiger partial charge in [0, 0.05) is 0 Å². The van der Waals surface area contributed by atoms with E-state index in [1.807, 2.05) is 36.4 Å². The Morgan fingerprint density at radius 1 is 0.762 bits per heavy atom. The predicted molar refractivity (Wildman–Crippen MR) is 160 cm³/mol. The number of methoxy groups -OCH3 is 1. The second-order valence-electron chi connectivity index (χ2n) is 9.16. The Kier molecular flexibility index (Phi) is 8.76. The number of para-hydroxylation sites is 1. The van der Waals surface area contributed by atoms with Crippen LogP contribution in [0.1, 0.15) is 16.7 Å². The fourth-order valence-electron chi connectivity index (χ4n) is 4.25. The molecule has 1 aliphatic heterocycles. The first kappa shape index (κ1) is 28.7. The van der Waals surface area contributed by atoms with Crippen LogP contribution in [-0.4, -0.2) is 25.0 Å². The quantitative estimate of drug-likeness (QED) is 0.167. The number of barbiturate groups is 1. The summed E-state index contributed by atoms with van der Waals surface area (Å²) in [4.78, 5) is 38.9. The van der Waals surface area contributed by atoms with E-state index in [9.17, 15) is 14.4 Å². The summed E-state index contributed by atoms with van der Waals surface area (Å²) < 4.78 is 17.3. The first-order chi connectivity index (χ1) is 20.3. The van der Waals surface area contributed by atoms with Gasteiger partial charge in [0.05, 0.1) is 22.8 Å². The van der Waals surface area contributed by atoms with E-state index in [1.165, 1.54) is 18.2 Å². The van der Waals surface area contributed by atoms with Crippen molar-refractivity contribution >= 4 is 52.8 Å². The summed E-state index contributed by atoms with van der Waals surface area (Å²) in [5.74, 6) is -0.232. The number of nitrogens with zero attached hydrogens (tertiary/aromatic N) is 1. The average molecular weight is 603 g/mol. The SMILES string of the molecule is COc1cc(COc2c(Cl)cc(/C=C3/C(=O)NC(=O)N(c4ccccc4)C3=O)cc2Cl)ccc1OCc1ccccc1. The van der Waals surface area contributed by atoms with Crippen LogP contribution in [0.25, 0.3) is 6.08 Å². The molecule has 0 spiro atoms. The highest BCUT2D eigenvalue weighted by molar-refractivity contribution is 6.40. The summed E-state index contributed by atoms with van der Waals surface area (Å²) >= 11 is 13.0. The van der Waals surface area contributed by atoms with Gasteiger partial charge in [-0.15, -0.1) is 0 Å². The Balaban J connectivity index is 1.30. The maximum absolute atomic E-state index is 13.1. The average Bonchev–Trinajstić information content (AvgIpc) is 2.99. The van der Waals surface area contributed by atoms with Gasteiger partial charge in [-0.25, -0.2) is 9.69 Å². The van der Waals surface area contributed by atoms with E-state index in [-0.39, 0.29) is 28.0 Å². The third-order valence-corrected chi connectivity index (χ3v) is 6.86. The van der Waals surface area contributed by atoms with Crippen LogP contribution < -0.4 is 24.4 Å². The number of ether oxygens (including phenoxy) is 3. The number of rotatable bonds is 9. The Hall–Kier alpha value is -4.79. The smallest absolute Gasteiger partial charge is 0.335 e. The molecule has 1 saturated heterocycles. The van der Waals surface area contributed by atoms with Gasteiger partial charge in [0.1, 0.15) is 18.8 Å². The van der Waals surface area contributed by atoms with Gasteiger partial charge < -0.3 is 14.2 Å². The van der Waals surface area contributed by atoms with Gasteiger partial charge in [0.2, 0.25) is 0 Å². The lowest BCUT2D eigenvalue weighted by atomic mass is 10.1. The molecule has 10 heteroatoms. The van der Waals surface area contributed by atoms with Crippen molar-refractivity contribution in [2.24, 2.45) is 0 Å². The Morgan fingerprint density at radius 2 is 1.40 bits per heavy atom. The molecule has 0 radical (unpaired) electrons. The van der Waals surface area contributed by atoms with E-state index < -0.39 is 17.8 Å². The molecule has 0 bridgehead atoms. The van der Waals surface area contributed by atoms with Gasteiger partial charge in [-0.3, -0.25) is 14.9 Å². The Labute approximate surface area is 252 Å². The molecular weight excluding hydrogens is 579 g/mol. The van der Waals surface area contributed by atoms with Gasteiger partial charge in [0.15, 0.2) is 17.2 Å². The minimum atomic E-state index is -0.833. The molecule has 1 aliphatic rings. The van der Waals surface area contributed by atoms with Crippen molar-refractivity contribution in [3.63, 3.8) is 0 Å². The van der Waals surface area contributed by atoms with Crippen molar-refractivity contribution in [3.8, 4) is 17.2 Å². The monoisotopic (exact) mass is 602 g/mol. The van der Waals surface area contributed by atoms with Crippen LogP contribution in [0.5, 0.6) is 17.2 Å². The summed E-state index contributed by atoms with van der Waals surface area (Å²) in [6, 6.07) is 25.7. The number of halogens is 2. The number of benzene rings is 4. The zero-order valence-electron chi connectivity index (χ0n) is 22.3. The van der Waals surface area contributed by atoms with E-state index in [4.69, 9.17) is 37.4 Å². The summed E-state index contributed by atoms with van der Waals surface area (Å²) in [7, 11) is 1.56. The summed E-state index contributed by atoms with van der Waals surface area (Å²) in [5.41, 5.74) is 2.27. The number of hydrogen-bond donors (Lipinski definition) is 1. The van der Waals surface area contributed by atoms with Crippen LogP contribution in [0.2, 0.25) is 10.0 Å². The highest BCUT2D eigenvalue weighted by Crippen LogP contribution is 2.36. The van der Waals surface area contributed by atoms with Crippen LogP contribution in [-0.2, 0) is 22.8 Å². The van der Waals surface area contributed by atoms with Crippen LogP contribution in [0.3, 0.4) is 0 Å². The van der Waals surface area contributed by atoms with E-state index in [0.29, 0.717) is 29.4 Å². The van der Waals surface area contributed by atoms with Crippen molar-refractivity contribution < 1.29 is 28.6 Å². The molecule has 0 saturated carbocycles. The first-order valence-electron chi connectivity index (χ1n) is 12.8. The number of anilines is 1. The maximum atomic E-state index is 13.1. The third-order valence-electron chi connectivity index (χ3n) is 6.30. The van der Waals surface area contributed by atoms with E-state index in [0.717, 1.165) is 16.0 Å². The number of amides is 4. The second kappa shape index (κ2) is 12.8. The normalized spacial score (nSPS) is 14.1. The molecule has 0 aromatic heterocycles. The molecule has 8 nitrogen and oxygen atoms in total. The highest BCUT2D eigenvalue weighted by Gasteiger charge is 2.36. The third kappa shape index (κ3) is 6.40. The molecule has 0 atom stereocenters. The summed E-state index contributed by atoms with van der Waals surface area (Å²) in [5, 5.41) is 2.53. The van der Waals surface area contributed by atoms with Crippen molar-refractivity contribution in [1.29, 1.82) is 0 Å². The first-order valence-corrected chi connectivity index (χ1v) is 13.5. The molecule has 4 amide bonds. The fourth-order valence-corrected chi connectivity index (χ4v) is 4.86. The topological polar surface area (TPSA) is 94.2 Å². The van der Waals surface area contributed by atoms with Crippen LogP contribution >= 0.6 is 23.2 Å². The molecule has 5 rings (SSSR count).